The van der Waals surface area contributed by atoms with E-state index in [2.05, 4.69) is 40.1 Å². The highest BCUT2D eigenvalue weighted by Gasteiger charge is 2.13. The molecule has 0 amide bonds. The van der Waals surface area contributed by atoms with Crippen molar-refractivity contribution in [2.45, 2.75) is 32.7 Å². The van der Waals surface area contributed by atoms with Gasteiger partial charge in [-0.05, 0) is 31.5 Å². The van der Waals surface area contributed by atoms with Crippen LogP contribution in [0.1, 0.15) is 38.3 Å². The van der Waals surface area contributed by atoms with E-state index in [0.717, 1.165) is 30.4 Å². The summed E-state index contributed by atoms with van der Waals surface area (Å²) in [7, 11) is 0. The third-order valence-corrected chi connectivity index (χ3v) is 3.03. The van der Waals surface area contributed by atoms with Crippen LogP contribution < -0.4 is 5.32 Å². The van der Waals surface area contributed by atoms with Crippen LogP contribution in [-0.4, -0.2) is 16.5 Å². The summed E-state index contributed by atoms with van der Waals surface area (Å²) in [4.78, 5) is 8.83. The average Bonchev–Trinajstić information content (AvgIpc) is 2.47. The van der Waals surface area contributed by atoms with E-state index in [1.165, 1.54) is 5.56 Å². The summed E-state index contributed by atoms with van der Waals surface area (Å²) in [5.74, 6) is 6.13. The van der Waals surface area contributed by atoms with E-state index in [0.29, 0.717) is 0 Å². The predicted molar refractivity (Wildman–Crippen MR) is 78.6 cm³/mol. The summed E-state index contributed by atoms with van der Waals surface area (Å²) >= 11 is 0. The average molecular weight is 253 g/mol. The first-order chi connectivity index (χ1) is 9.36. The van der Waals surface area contributed by atoms with Gasteiger partial charge in [0.25, 0.3) is 0 Å². The number of para-hydroxylation sites is 1. The molecule has 0 spiro atoms. The zero-order chi connectivity index (χ0) is 13.5. The predicted octanol–water partition coefficient (Wildman–Crippen LogP) is 3.08. The monoisotopic (exact) mass is 253 g/mol. The quantitative estimate of drug-likeness (QED) is 0.832. The highest BCUT2D eigenvalue weighted by atomic mass is 14.9. The van der Waals surface area contributed by atoms with Crippen molar-refractivity contribution >= 4 is 11.0 Å². The van der Waals surface area contributed by atoms with Gasteiger partial charge in [0.2, 0.25) is 0 Å². The van der Waals surface area contributed by atoms with Crippen LogP contribution >= 0.6 is 0 Å². The van der Waals surface area contributed by atoms with Crippen LogP contribution in [0.4, 0.5) is 0 Å². The van der Waals surface area contributed by atoms with Gasteiger partial charge in [0.15, 0.2) is 0 Å². The van der Waals surface area contributed by atoms with Gasteiger partial charge in [0.1, 0.15) is 0 Å². The molecular weight excluding hydrogens is 234 g/mol. The molecule has 0 bridgehead atoms. The Hall–Kier alpha value is -1.92. The highest BCUT2D eigenvalue weighted by molar-refractivity contribution is 5.78. The lowest BCUT2D eigenvalue weighted by Crippen LogP contribution is -2.22. The van der Waals surface area contributed by atoms with Gasteiger partial charge < -0.3 is 5.32 Å². The second kappa shape index (κ2) is 6.86. The molecule has 3 nitrogen and oxygen atoms in total. The summed E-state index contributed by atoms with van der Waals surface area (Å²) in [5, 5.41) is 3.54. The summed E-state index contributed by atoms with van der Waals surface area (Å²) in [6.45, 7) is 5.02. The van der Waals surface area contributed by atoms with Gasteiger partial charge in [-0.3, -0.25) is 9.97 Å². The Labute approximate surface area is 114 Å². The molecule has 1 aromatic carbocycles. The lowest BCUT2D eigenvalue weighted by atomic mass is 10.0. The Balaban J connectivity index is 2.38. The van der Waals surface area contributed by atoms with E-state index < -0.39 is 0 Å². The van der Waals surface area contributed by atoms with Crippen molar-refractivity contribution in [2.75, 3.05) is 6.54 Å². The van der Waals surface area contributed by atoms with Crippen LogP contribution in [0.15, 0.2) is 30.6 Å². The zero-order valence-electron chi connectivity index (χ0n) is 11.5. The maximum absolute atomic E-state index is 4.47. The van der Waals surface area contributed by atoms with Crippen LogP contribution in [0.2, 0.25) is 0 Å². The highest BCUT2D eigenvalue weighted by Crippen LogP contribution is 2.23. The summed E-state index contributed by atoms with van der Waals surface area (Å²) in [5.41, 5.74) is 3.09. The number of aromatic nitrogens is 2. The molecule has 3 heteroatoms. The molecular formula is C16H19N3. The van der Waals surface area contributed by atoms with Crippen molar-refractivity contribution in [1.82, 2.24) is 15.3 Å². The van der Waals surface area contributed by atoms with Gasteiger partial charge >= 0.3 is 0 Å². The van der Waals surface area contributed by atoms with Gasteiger partial charge in [-0.15, -0.1) is 11.8 Å². The van der Waals surface area contributed by atoms with E-state index >= 15 is 0 Å². The molecule has 0 radical (unpaired) electrons. The van der Waals surface area contributed by atoms with Crippen LogP contribution in [0.3, 0.4) is 0 Å². The van der Waals surface area contributed by atoms with Crippen LogP contribution in [0.5, 0.6) is 0 Å². The molecule has 0 aliphatic heterocycles. The fourth-order valence-corrected chi connectivity index (χ4v) is 2.11. The molecule has 19 heavy (non-hydrogen) atoms. The minimum atomic E-state index is 0.216. The van der Waals surface area contributed by atoms with Crippen LogP contribution in [0, 0.1) is 11.8 Å². The van der Waals surface area contributed by atoms with Crippen molar-refractivity contribution in [3.8, 4) is 11.8 Å². The van der Waals surface area contributed by atoms with Crippen LogP contribution in [-0.2, 0) is 0 Å². The largest absolute Gasteiger partial charge is 0.309 e. The maximum atomic E-state index is 4.47. The van der Waals surface area contributed by atoms with Gasteiger partial charge in [-0.2, -0.15) is 0 Å². The molecule has 2 rings (SSSR count). The van der Waals surface area contributed by atoms with E-state index in [-0.39, 0.29) is 6.04 Å². The first-order valence-corrected chi connectivity index (χ1v) is 6.69. The molecule has 1 N–H and O–H groups in total. The molecule has 1 unspecified atom stereocenters. The first-order valence-electron chi connectivity index (χ1n) is 6.69. The van der Waals surface area contributed by atoms with Gasteiger partial charge in [-0.25, -0.2) is 0 Å². The second-order valence-corrected chi connectivity index (χ2v) is 4.41. The van der Waals surface area contributed by atoms with E-state index in [1.807, 2.05) is 19.1 Å². The van der Waals surface area contributed by atoms with Crippen molar-refractivity contribution < 1.29 is 0 Å². The molecule has 1 aromatic heterocycles. The van der Waals surface area contributed by atoms with Crippen molar-refractivity contribution in [1.29, 1.82) is 0 Å². The SMILES string of the molecule is CC#CCC(NCCC)c1cccc2nccnc12. The van der Waals surface area contributed by atoms with Crippen molar-refractivity contribution in [3.63, 3.8) is 0 Å². The third-order valence-electron chi connectivity index (χ3n) is 3.03. The summed E-state index contributed by atoms with van der Waals surface area (Å²) < 4.78 is 0. The van der Waals surface area contributed by atoms with E-state index in [4.69, 9.17) is 0 Å². The number of nitrogens with one attached hydrogen (secondary N) is 1. The van der Waals surface area contributed by atoms with Crippen molar-refractivity contribution in [3.05, 3.63) is 36.2 Å². The van der Waals surface area contributed by atoms with E-state index in [9.17, 15) is 0 Å². The Bertz CT molecular complexity index is 590. The standard InChI is InChI=1S/C16H19N3/c1-3-5-8-14(17-10-4-2)13-7-6-9-15-16(13)19-12-11-18-15/h6-7,9,11-12,14,17H,4,8,10H2,1-2H3. The lowest BCUT2D eigenvalue weighted by Gasteiger charge is -2.17. The minimum absolute atomic E-state index is 0.216. The fraction of sp³-hybridized carbons (Fsp3) is 0.375. The second-order valence-electron chi connectivity index (χ2n) is 4.41. The van der Waals surface area contributed by atoms with Gasteiger partial charge in [-0.1, -0.05) is 19.1 Å². The minimum Gasteiger partial charge on any atom is -0.309 e. The smallest absolute Gasteiger partial charge is 0.0934 e. The summed E-state index contributed by atoms with van der Waals surface area (Å²) in [6, 6.07) is 6.36. The normalized spacial score (nSPS) is 11.9. The number of hydrogen-bond donors (Lipinski definition) is 1. The van der Waals surface area contributed by atoms with E-state index in [1.54, 1.807) is 12.4 Å². The molecule has 1 heterocycles. The Morgan fingerprint density at radius 2 is 2.11 bits per heavy atom. The van der Waals surface area contributed by atoms with Gasteiger partial charge in [0, 0.05) is 24.9 Å². The Kier molecular flexibility index (Phi) is 4.88. The number of benzene rings is 1. The number of fused-ring (bicyclic) bond motifs is 1. The molecule has 1 atom stereocenters. The Morgan fingerprint density at radius 3 is 2.89 bits per heavy atom. The molecule has 0 aliphatic carbocycles. The molecule has 2 aromatic rings. The molecule has 98 valence electrons. The molecule has 0 aliphatic rings. The van der Waals surface area contributed by atoms with Crippen LogP contribution in [0.25, 0.3) is 11.0 Å². The van der Waals surface area contributed by atoms with Gasteiger partial charge in [0.05, 0.1) is 11.0 Å². The fourth-order valence-electron chi connectivity index (χ4n) is 2.11. The number of nitrogens with zero attached hydrogens (tertiary/aromatic N) is 2. The van der Waals surface area contributed by atoms with Crippen molar-refractivity contribution in [2.24, 2.45) is 0 Å². The first kappa shape index (κ1) is 13.5. The molecule has 0 fully saturated rings. The zero-order valence-corrected chi connectivity index (χ0v) is 11.5. The maximum Gasteiger partial charge on any atom is 0.0934 e. The number of hydrogen-bond acceptors (Lipinski definition) is 3. The number of rotatable bonds is 5. The molecule has 0 saturated heterocycles. The topological polar surface area (TPSA) is 37.8 Å². The lowest BCUT2D eigenvalue weighted by molar-refractivity contribution is 0.545. The molecule has 0 saturated carbocycles. The summed E-state index contributed by atoms with van der Waals surface area (Å²) in [6.07, 6.45) is 5.37. The Morgan fingerprint density at radius 1 is 1.26 bits per heavy atom. The third kappa shape index (κ3) is 3.30.